The molecule has 0 spiro atoms. The van der Waals surface area contributed by atoms with Crippen molar-refractivity contribution in [2.45, 2.75) is 84.0 Å². The topological polar surface area (TPSA) is 126 Å². The first-order valence-electron chi connectivity index (χ1n) is 16.1. The van der Waals surface area contributed by atoms with E-state index in [0.717, 1.165) is 77.1 Å². The molecule has 5 N–H and O–H groups in total. The van der Waals surface area contributed by atoms with Crippen molar-refractivity contribution in [3.05, 3.63) is 47.0 Å². The van der Waals surface area contributed by atoms with Crippen molar-refractivity contribution in [3.63, 3.8) is 0 Å². The molecule has 0 amide bonds. The third-order valence-electron chi connectivity index (χ3n) is 9.64. The number of phenolic OH excluding ortho intramolecular Hbond substituents is 3. The van der Waals surface area contributed by atoms with Crippen LogP contribution in [0, 0.1) is 17.8 Å². The number of nitrogens with one attached hydrogen (secondary N) is 1. The fourth-order valence-electron chi connectivity index (χ4n) is 7.83. The van der Waals surface area contributed by atoms with E-state index < -0.39 is 0 Å². The van der Waals surface area contributed by atoms with Crippen LogP contribution in [0.3, 0.4) is 0 Å². The summed E-state index contributed by atoms with van der Waals surface area (Å²) in [5, 5.41) is 42.6. The van der Waals surface area contributed by atoms with Crippen molar-refractivity contribution in [1.82, 2.24) is 5.32 Å². The van der Waals surface area contributed by atoms with Crippen molar-refractivity contribution in [2.24, 2.45) is 22.7 Å². The zero-order chi connectivity index (χ0) is 32.5. The van der Waals surface area contributed by atoms with Gasteiger partial charge in [0.1, 0.15) is 5.75 Å². The molecule has 2 aromatic rings. The molecule has 243 valence electrons. The van der Waals surface area contributed by atoms with Crippen molar-refractivity contribution < 1.29 is 41.5 Å². The summed E-state index contributed by atoms with van der Waals surface area (Å²) in [6.07, 6.45) is 9.49. The number of aliphatic hydroxyl groups is 1. The number of rotatable bonds is 10. The fraction of sp³-hybridized carbons (Fsp3) is 0.629. The average Bonchev–Trinajstić information content (AvgIpc) is 2.98. The third kappa shape index (κ3) is 8.87. The monoisotopic (exact) mass is 646 g/mol. The summed E-state index contributed by atoms with van der Waals surface area (Å²) in [6.45, 7) is 14.6. The summed E-state index contributed by atoms with van der Waals surface area (Å²) < 4.78 is 8.19. The van der Waals surface area contributed by atoms with Gasteiger partial charge in [0.05, 0.1) is 13.2 Å². The summed E-state index contributed by atoms with van der Waals surface area (Å²) in [7, 11) is 0. The van der Waals surface area contributed by atoms with Crippen molar-refractivity contribution in [2.75, 3.05) is 44.2 Å². The second kappa shape index (κ2) is 16.3. The van der Waals surface area contributed by atoms with E-state index in [-0.39, 0.29) is 34.7 Å². The first kappa shape index (κ1) is 36.1. The Kier molecular flexibility index (Phi) is 13.3. The van der Waals surface area contributed by atoms with Crippen LogP contribution in [-0.2, 0) is 31.9 Å². The number of hydrogen-bond donors (Lipinski definition) is 5. The van der Waals surface area contributed by atoms with Crippen molar-refractivity contribution >= 4 is 11.9 Å². The van der Waals surface area contributed by atoms with Gasteiger partial charge in [-0.2, -0.15) is 0 Å². The Balaban J connectivity index is 0.000000229. The standard InChI is InChI=1S/C20H28O2.C15H25N3O2.O.V/c1-19(2,3)15-7-16(18(22)17(21)8-15)20-9-12-4-13(10-20)6-14(5-12)11-20;1-3-18(4-2)14-6-5-13(15(20)11-14)12-17-8-7-16-9-10-19;;/h7-8,12-14,21-22H,4-6,9-11H2,1-3H3;5-6,11-12,16,19-20H,3-4,7-10H2,1-2H3;;. The van der Waals surface area contributed by atoms with Crippen LogP contribution in [0.5, 0.6) is 17.2 Å². The summed E-state index contributed by atoms with van der Waals surface area (Å²) in [5.74, 6) is 2.98. The first-order valence-corrected chi connectivity index (χ1v) is 16.7. The first-order chi connectivity index (χ1) is 21.0. The Morgan fingerprint density at radius 2 is 1.52 bits per heavy atom. The number of aromatic hydroxyl groups is 3. The predicted molar refractivity (Wildman–Crippen MR) is 173 cm³/mol. The number of aliphatic imine (C=N–C) groups is 1. The van der Waals surface area contributed by atoms with Crippen LogP contribution in [0.1, 0.15) is 89.8 Å². The van der Waals surface area contributed by atoms with Gasteiger partial charge in [-0.25, -0.2) is 0 Å². The third-order valence-corrected chi connectivity index (χ3v) is 9.64. The van der Waals surface area contributed by atoms with Gasteiger partial charge >= 0.3 is 21.0 Å². The molecular weight excluding hydrogens is 593 g/mol. The van der Waals surface area contributed by atoms with Gasteiger partial charge in [0.2, 0.25) is 0 Å². The van der Waals surface area contributed by atoms with Gasteiger partial charge < -0.3 is 30.6 Å². The molecule has 4 aliphatic carbocycles. The summed E-state index contributed by atoms with van der Waals surface area (Å²) in [4.78, 5) is 6.43. The minimum atomic E-state index is -0.0117. The zero-order valence-electron chi connectivity index (χ0n) is 27.2. The molecule has 0 atom stereocenters. The maximum atomic E-state index is 10.6. The molecule has 0 heterocycles. The van der Waals surface area contributed by atoms with Gasteiger partial charge in [-0.15, -0.1) is 0 Å². The van der Waals surface area contributed by atoms with E-state index in [1.807, 2.05) is 12.1 Å². The molecule has 8 nitrogen and oxygen atoms in total. The zero-order valence-corrected chi connectivity index (χ0v) is 28.6. The van der Waals surface area contributed by atoms with E-state index in [0.29, 0.717) is 13.1 Å². The maximum absolute atomic E-state index is 10.6. The molecule has 4 aliphatic rings. The van der Waals surface area contributed by atoms with Gasteiger partial charge in [0.15, 0.2) is 11.5 Å². The SMILES string of the molecule is CC(C)(C)c1cc(O)c(O)c(C23CC4CC(CC(C4)C2)C3)c1.CCN(CC)c1ccc(C=NCCNCCO)c(O)c1.[O]=[V]. The second-order valence-corrected chi connectivity index (χ2v) is 13.8. The number of benzene rings is 2. The molecule has 0 unspecified atom stereocenters. The molecule has 4 bridgehead atoms. The van der Waals surface area contributed by atoms with Crippen LogP contribution >= 0.6 is 0 Å². The average molecular weight is 647 g/mol. The summed E-state index contributed by atoms with van der Waals surface area (Å²) >= 11 is 1.06. The van der Waals surface area contributed by atoms with E-state index >= 15 is 0 Å². The van der Waals surface area contributed by atoms with Gasteiger partial charge in [-0.1, -0.05) is 26.8 Å². The number of nitrogens with zero attached hydrogens (tertiary/aromatic N) is 2. The summed E-state index contributed by atoms with van der Waals surface area (Å²) in [6, 6.07) is 9.60. The Morgan fingerprint density at radius 1 is 0.932 bits per heavy atom. The van der Waals surface area contributed by atoms with Crippen molar-refractivity contribution in [3.8, 4) is 17.2 Å². The van der Waals surface area contributed by atoms with E-state index in [4.69, 9.17) is 8.78 Å². The Hall–Kier alpha value is -2.39. The van der Waals surface area contributed by atoms with E-state index in [1.165, 1.54) is 38.5 Å². The molecule has 44 heavy (non-hydrogen) atoms. The summed E-state index contributed by atoms with van der Waals surface area (Å²) in [5.41, 5.74) is 4.03. The number of anilines is 1. The fourth-order valence-corrected chi connectivity index (χ4v) is 7.83. The number of phenols is 3. The molecule has 0 aliphatic heterocycles. The van der Waals surface area contributed by atoms with Gasteiger partial charge in [-0.05, 0) is 105 Å². The van der Waals surface area contributed by atoms with Crippen LogP contribution in [0.4, 0.5) is 5.69 Å². The van der Waals surface area contributed by atoms with Crippen LogP contribution < -0.4 is 10.2 Å². The van der Waals surface area contributed by atoms with Gasteiger partial charge in [0.25, 0.3) is 0 Å². The number of aliphatic hydroxyl groups excluding tert-OH is 1. The molecule has 2 aromatic carbocycles. The predicted octanol–water partition coefficient (Wildman–Crippen LogP) is 5.98. The normalized spacial score (nSPS) is 23.5. The minimum absolute atomic E-state index is 0.0117. The van der Waals surface area contributed by atoms with Crippen molar-refractivity contribution in [1.29, 1.82) is 0 Å². The quantitative estimate of drug-likeness (QED) is 0.122. The van der Waals surface area contributed by atoms with Gasteiger partial charge in [0, 0.05) is 55.3 Å². The molecule has 4 fully saturated rings. The molecule has 6 rings (SSSR count). The van der Waals surface area contributed by atoms with E-state index in [2.05, 4.69) is 55.9 Å². The Morgan fingerprint density at radius 3 is 2.02 bits per heavy atom. The molecule has 0 radical (unpaired) electrons. The Bertz CT molecular complexity index is 1210. The van der Waals surface area contributed by atoms with Crippen LogP contribution in [0.2, 0.25) is 0 Å². The van der Waals surface area contributed by atoms with Gasteiger partial charge in [-0.3, -0.25) is 4.99 Å². The Labute approximate surface area is 273 Å². The molecule has 9 heteroatoms. The molecule has 0 saturated heterocycles. The number of hydrogen-bond acceptors (Lipinski definition) is 8. The van der Waals surface area contributed by atoms with E-state index in [1.54, 1.807) is 18.3 Å². The molecular formula is C35H53N3O5V. The van der Waals surface area contributed by atoms with E-state index in [9.17, 15) is 15.3 Å². The van der Waals surface area contributed by atoms with Crippen LogP contribution in [-0.4, -0.2) is 66.0 Å². The second-order valence-electron chi connectivity index (χ2n) is 13.8. The molecule has 4 saturated carbocycles. The van der Waals surface area contributed by atoms with Crippen LogP contribution in [0.25, 0.3) is 0 Å². The molecule has 0 aromatic heterocycles. The van der Waals surface area contributed by atoms with Crippen LogP contribution in [0.15, 0.2) is 35.3 Å².